The third-order valence-electron chi connectivity index (χ3n) is 3.37. The lowest BCUT2D eigenvalue weighted by molar-refractivity contribution is 0.0511. The zero-order chi connectivity index (χ0) is 18.8. The van der Waals surface area contributed by atoms with Gasteiger partial charge in [0.25, 0.3) is 0 Å². The van der Waals surface area contributed by atoms with Crippen LogP contribution in [0.3, 0.4) is 0 Å². The normalized spacial score (nSPS) is 17.2. The molecule has 0 aliphatic carbocycles. The van der Waals surface area contributed by atoms with Gasteiger partial charge in [0.15, 0.2) is 0 Å². The average Bonchev–Trinajstić information content (AvgIpc) is 2.60. The number of unbranched alkanes of at least 4 members (excludes halogenated alkanes) is 1. The van der Waals surface area contributed by atoms with Gasteiger partial charge in [-0.15, -0.1) is 0 Å². The van der Waals surface area contributed by atoms with Gasteiger partial charge in [0, 0.05) is 0 Å². The van der Waals surface area contributed by atoms with Crippen molar-refractivity contribution in [3.05, 3.63) is 72.9 Å². The summed E-state index contributed by atoms with van der Waals surface area (Å²) in [6, 6.07) is 0. The summed E-state index contributed by atoms with van der Waals surface area (Å²) >= 11 is 0. The highest BCUT2D eigenvalue weighted by Crippen LogP contribution is 2.03. The average molecular weight is 347 g/mol. The molecule has 0 amide bonds. The summed E-state index contributed by atoms with van der Waals surface area (Å²) in [5.41, 5.74) is 0. The molecule has 2 unspecified atom stereocenters. The Hall–Kier alpha value is -1.68. The van der Waals surface area contributed by atoms with Gasteiger partial charge in [-0.1, -0.05) is 93.2 Å². The van der Waals surface area contributed by atoms with Crippen LogP contribution >= 0.6 is 0 Å². The van der Waals surface area contributed by atoms with Gasteiger partial charge in [-0.2, -0.15) is 0 Å². The monoisotopic (exact) mass is 346 g/mol. The largest absolute Gasteiger partial charge is 0.390 e. The first-order chi connectivity index (χ1) is 12.1. The fraction of sp³-hybridized carbons (Fsp3) is 0.455. The van der Waals surface area contributed by atoms with Crippen LogP contribution in [0.2, 0.25) is 0 Å². The molecule has 0 saturated carbocycles. The van der Waals surface area contributed by atoms with Gasteiger partial charge < -0.3 is 15.3 Å². The van der Waals surface area contributed by atoms with E-state index >= 15 is 0 Å². The number of rotatable bonds is 13. The molecule has 0 radical (unpaired) electrons. The third-order valence-corrected chi connectivity index (χ3v) is 3.37. The molecule has 0 spiro atoms. The minimum absolute atomic E-state index is 0.454. The molecule has 0 aromatic carbocycles. The number of hydrogen-bond acceptors (Lipinski definition) is 3. The molecule has 3 nitrogen and oxygen atoms in total. The van der Waals surface area contributed by atoms with E-state index in [9.17, 15) is 15.3 Å². The molecule has 25 heavy (non-hydrogen) atoms. The molecule has 0 heterocycles. The molecule has 3 atom stereocenters. The van der Waals surface area contributed by atoms with Crippen LogP contribution in [0.4, 0.5) is 0 Å². The highest BCUT2D eigenvalue weighted by Gasteiger charge is 2.10. The van der Waals surface area contributed by atoms with Crippen LogP contribution in [0.15, 0.2) is 72.9 Å². The Labute approximate surface area is 153 Å². The van der Waals surface area contributed by atoms with E-state index in [1.54, 1.807) is 30.4 Å². The highest BCUT2D eigenvalue weighted by atomic mass is 16.3. The lowest BCUT2D eigenvalue weighted by Crippen LogP contribution is -2.22. The van der Waals surface area contributed by atoms with Crippen molar-refractivity contribution in [2.45, 2.75) is 64.3 Å². The molecule has 0 aliphatic heterocycles. The van der Waals surface area contributed by atoms with E-state index in [4.69, 9.17) is 0 Å². The Morgan fingerprint density at radius 3 is 1.92 bits per heavy atom. The summed E-state index contributed by atoms with van der Waals surface area (Å²) in [5.74, 6) is 0. The summed E-state index contributed by atoms with van der Waals surface area (Å²) in [6.45, 7) is 4.16. The summed E-state index contributed by atoms with van der Waals surface area (Å²) in [5, 5.41) is 29.3. The quantitative estimate of drug-likeness (QED) is 0.342. The molecule has 3 heteroatoms. The first-order valence-corrected chi connectivity index (χ1v) is 9.14. The molecule has 0 rings (SSSR count). The maximum Gasteiger partial charge on any atom is 0.0986 e. The van der Waals surface area contributed by atoms with E-state index < -0.39 is 18.3 Å². The zero-order valence-corrected chi connectivity index (χ0v) is 15.5. The van der Waals surface area contributed by atoms with Crippen LogP contribution < -0.4 is 0 Å². The standard InChI is InChI=1S/C22H34O3/c1-3-5-7-14-18-21(24)22(25)19-15-11-9-8-10-13-17-20(23)16-12-6-4-2/h6-15,17,19-25H,3-5,16,18H2,1-2H3/b10-8-,11-9+,12-6-,14-7-,17-13+,19-15+/t20?,21-,22?/m0/s1. The molecular weight excluding hydrogens is 312 g/mol. The second-order valence-corrected chi connectivity index (χ2v) is 5.78. The third kappa shape index (κ3) is 15.6. The van der Waals surface area contributed by atoms with Gasteiger partial charge >= 0.3 is 0 Å². The molecule has 140 valence electrons. The smallest absolute Gasteiger partial charge is 0.0986 e. The SMILES string of the molecule is CC/C=C\CC(O)/C=C/C=C\C=C\C=C\C(O)[C@@H](O)C/C=C\CCC. The topological polar surface area (TPSA) is 60.7 Å². The Morgan fingerprint density at radius 2 is 1.28 bits per heavy atom. The van der Waals surface area contributed by atoms with Crippen LogP contribution in [0.1, 0.15) is 46.0 Å². The second-order valence-electron chi connectivity index (χ2n) is 5.78. The molecule has 0 aromatic rings. The molecule has 0 bridgehead atoms. The van der Waals surface area contributed by atoms with Crippen LogP contribution in [0.5, 0.6) is 0 Å². The maximum atomic E-state index is 9.80. The summed E-state index contributed by atoms with van der Waals surface area (Å²) in [6.07, 6.45) is 24.1. The number of hydrogen-bond donors (Lipinski definition) is 3. The summed E-state index contributed by atoms with van der Waals surface area (Å²) in [7, 11) is 0. The minimum Gasteiger partial charge on any atom is -0.390 e. The fourth-order valence-electron chi connectivity index (χ4n) is 1.90. The number of aliphatic hydroxyl groups excluding tert-OH is 3. The molecule has 0 aliphatic rings. The maximum absolute atomic E-state index is 9.80. The summed E-state index contributed by atoms with van der Waals surface area (Å²) in [4.78, 5) is 0. The molecule has 0 aromatic heterocycles. The lowest BCUT2D eigenvalue weighted by Gasteiger charge is -2.11. The second kappa shape index (κ2) is 17.2. The van der Waals surface area contributed by atoms with Crippen LogP contribution in [-0.4, -0.2) is 33.6 Å². The number of allylic oxidation sites excluding steroid dienone is 8. The predicted octanol–water partition coefficient (Wildman–Crippen LogP) is 4.40. The zero-order valence-electron chi connectivity index (χ0n) is 15.5. The van der Waals surface area contributed by atoms with Gasteiger partial charge in [-0.05, 0) is 25.7 Å². The molecule has 3 N–H and O–H groups in total. The number of aliphatic hydroxyl groups is 3. The van der Waals surface area contributed by atoms with Crippen molar-refractivity contribution < 1.29 is 15.3 Å². The van der Waals surface area contributed by atoms with Gasteiger partial charge in [0.2, 0.25) is 0 Å². The van der Waals surface area contributed by atoms with Crippen LogP contribution in [0, 0.1) is 0 Å². The Kier molecular flexibility index (Phi) is 16.0. The van der Waals surface area contributed by atoms with E-state index in [1.165, 1.54) is 0 Å². The van der Waals surface area contributed by atoms with Crippen molar-refractivity contribution in [2.24, 2.45) is 0 Å². The van der Waals surface area contributed by atoms with E-state index in [0.29, 0.717) is 12.8 Å². The van der Waals surface area contributed by atoms with Crippen molar-refractivity contribution in [3.63, 3.8) is 0 Å². The molecule has 0 saturated heterocycles. The van der Waals surface area contributed by atoms with Crippen molar-refractivity contribution in [1.29, 1.82) is 0 Å². The fourth-order valence-corrected chi connectivity index (χ4v) is 1.90. The highest BCUT2D eigenvalue weighted by molar-refractivity contribution is 5.17. The first-order valence-electron chi connectivity index (χ1n) is 9.14. The Morgan fingerprint density at radius 1 is 0.680 bits per heavy atom. The van der Waals surface area contributed by atoms with E-state index in [2.05, 4.69) is 13.8 Å². The van der Waals surface area contributed by atoms with Gasteiger partial charge in [-0.3, -0.25) is 0 Å². The predicted molar refractivity (Wildman–Crippen MR) is 107 cm³/mol. The molecular formula is C22H34O3. The Bertz CT molecular complexity index is 470. The van der Waals surface area contributed by atoms with Crippen molar-refractivity contribution in [3.8, 4) is 0 Å². The first kappa shape index (κ1) is 23.3. The molecule has 0 fully saturated rings. The minimum atomic E-state index is -0.869. The lowest BCUT2D eigenvalue weighted by atomic mass is 10.1. The van der Waals surface area contributed by atoms with Crippen LogP contribution in [-0.2, 0) is 0 Å². The van der Waals surface area contributed by atoms with E-state index in [-0.39, 0.29) is 0 Å². The summed E-state index contributed by atoms with van der Waals surface area (Å²) < 4.78 is 0. The van der Waals surface area contributed by atoms with Crippen molar-refractivity contribution in [1.82, 2.24) is 0 Å². The van der Waals surface area contributed by atoms with Crippen molar-refractivity contribution >= 4 is 0 Å². The van der Waals surface area contributed by atoms with Crippen molar-refractivity contribution in [2.75, 3.05) is 0 Å². The Balaban J connectivity index is 4.04. The van der Waals surface area contributed by atoms with Gasteiger partial charge in [0.1, 0.15) is 0 Å². The van der Waals surface area contributed by atoms with Gasteiger partial charge in [0.05, 0.1) is 18.3 Å². The van der Waals surface area contributed by atoms with Gasteiger partial charge in [-0.25, -0.2) is 0 Å². The van der Waals surface area contributed by atoms with E-state index in [0.717, 1.165) is 19.3 Å². The van der Waals surface area contributed by atoms with Crippen LogP contribution in [0.25, 0.3) is 0 Å². The van der Waals surface area contributed by atoms with E-state index in [1.807, 2.05) is 42.5 Å².